The standard InChI is InChI=1S/C16H23BrN4O2S/c1-22-15-4-3-13(11-14(15)17)12-19-20-16(24)18-5-2-6-21-7-9-23-10-8-21/h3-4,11-12H,2,5-10H2,1H3,(H2,18,20,24)/b19-12-. The predicted octanol–water partition coefficient (Wildman–Crippen LogP) is 1.98. The van der Waals surface area contributed by atoms with E-state index in [9.17, 15) is 0 Å². The van der Waals surface area contributed by atoms with Gasteiger partial charge in [0.1, 0.15) is 5.75 Å². The van der Waals surface area contributed by atoms with Gasteiger partial charge in [0.2, 0.25) is 0 Å². The highest BCUT2D eigenvalue weighted by Gasteiger charge is 2.09. The first kappa shape index (κ1) is 19.1. The summed E-state index contributed by atoms with van der Waals surface area (Å²) >= 11 is 8.65. The van der Waals surface area contributed by atoms with E-state index in [2.05, 4.69) is 36.7 Å². The number of rotatable bonds is 7. The number of halogens is 1. The lowest BCUT2D eigenvalue weighted by molar-refractivity contribution is 0.0376. The van der Waals surface area contributed by atoms with E-state index < -0.39 is 0 Å². The van der Waals surface area contributed by atoms with Gasteiger partial charge in [0.05, 0.1) is 31.0 Å². The third kappa shape index (κ3) is 6.72. The van der Waals surface area contributed by atoms with Crippen molar-refractivity contribution in [2.75, 3.05) is 46.5 Å². The van der Waals surface area contributed by atoms with Gasteiger partial charge in [-0.15, -0.1) is 0 Å². The molecule has 8 heteroatoms. The third-order valence-corrected chi connectivity index (χ3v) is 4.45. The SMILES string of the molecule is COc1ccc(/C=N\NC(=S)NCCCN2CCOCC2)cc1Br. The van der Waals surface area contributed by atoms with E-state index in [1.54, 1.807) is 13.3 Å². The maximum atomic E-state index is 5.33. The largest absolute Gasteiger partial charge is 0.496 e. The summed E-state index contributed by atoms with van der Waals surface area (Å²) in [5.74, 6) is 0.789. The van der Waals surface area contributed by atoms with Gasteiger partial charge in [0.15, 0.2) is 5.11 Å². The van der Waals surface area contributed by atoms with Gasteiger partial charge in [-0.05, 0) is 64.9 Å². The van der Waals surface area contributed by atoms with Crippen LogP contribution in [0.15, 0.2) is 27.8 Å². The topological polar surface area (TPSA) is 58.1 Å². The zero-order valence-corrected chi connectivity index (χ0v) is 16.2. The summed E-state index contributed by atoms with van der Waals surface area (Å²) < 4.78 is 11.4. The Hall–Kier alpha value is -1.22. The fourth-order valence-corrected chi connectivity index (χ4v) is 3.01. The molecule has 6 nitrogen and oxygen atoms in total. The van der Waals surface area contributed by atoms with E-state index in [4.69, 9.17) is 21.7 Å². The van der Waals surface area contributed by atoms with E-state index >= 15 is 0 Å². The number of hydrogen-bond acceptors (Lipinski definition) is 5. The molecule has 1 heterocycles. The second-order valence-corrected chi connectivity index (χ2v) is 6.59. The number of methoxy groups -OCH3 is 1. The van der Waals surface area contributed by atoms with Crippen molar-refractivity contribution >= 4 is 39.5 Å². The average molecular weight is 415 g/mol. The van der Waals surface area contributed by atoms with Gasteiger partial charge in [-0.1, -0.05) is 0 Å². The zero-order valence-electron chi connectivity index (χ0n) is 13.8. The number of hydrazone groups is 1. The molecule has 132 valence electrons. The van der Waals surface area contributed by atoms with E-state index in [1.165, 1.54) is 0 Å². The van der Waals surface area contributed by atoms with Crippen molar-refractivity contribution in [3.8, 4) is 5.75 Å². The molecule has 1 aromatic carbocycles. The molecule has 0 aromatic heterocycles. The van der Waals surface area contributed by atoms with Gasteiger partial charge >= 0.3 is 0 Å². The number of nitrogens with zero attached hydrogens (tertiary/aromatic N) is 2. The summed E-state index contributed by atoms with van der Waals surface area (Å²) in [7, 11) is 1.64. The molecular formula is C16H23BrN4O2S. The second kappa shape index (κ2) is 10.6. The van der Waals surface area contributed by atoms with Crippen LogP contribution in [0.4, 0.5) is 0 Å². The Kier molecular flexibility index (Phi) is 8.44. The van der Waals surface area contributed by atoms with E-state index in [0.717, 1.165) is 61.6 Å². The minimum absolute atomic E-state index is 0.529. The van der Waals surface area contributed by atoms with Crippen LogP contribution in [-0.4, -0.2) is 62.7 Å². The van der Waals surface area contributed by atoms with E-state index in [-0.39, 0.29) is 0 Å². The molecule has 0 radical (unpaired) electrons. The van der Waals surface area contributed by atoms with Gasteiger partial charge in [-0.25, -0.2) is 0 Å². The van der Waals surface area contributed by atoms with Crippen LogP contribution >= 0.6 is 28.1 Å². The molecule has 1 aromatic rings. The number of morpholine rings is 1. The van der Waals surface area contributed by atoms with Crippen LogP contribution in [0.3, 0.4) is 0 Å². The first-order valence-corrected chi connectivity index (χ1v) is 9.09. The number of hydrogen-bond donors (Lipinski definition) is 2. The maximum Gasteiger partial charge on any atom is 0.186 e. The quantitative estimate of drug-likeness (QED) is 0.308. The molecule has 24 heavy (non-hydrogen) atoms. The van der Waals surface area contributed by atoms with Gasteiger partial charge in [0.25, 0.3) is 0 Å². The zero-order chi connectivity index (χ0) is 17.2. The lowest BCUT2D eigenvalue weighted by Crippen LogP contribution is -2.39. The smallest absolute Gasteiger partial charge is 0.186 e. The van der Waals surface area contributed by atoms with E-state index in [1.807, 2.05) is 18.2 Å². The summed E-state index contributed by atoms with van der Waals surface area (Å²) in [6.07, 6.45) is 2.75. The van der Waals surface area contributed by atoms with Crippen molar-refractivity contribution in [3.63, 3.8) is 0 Å². The van der Waals surface area contributed by atoms with Crippen molar-refractivity contribution in [3.05, 3.63) is 28.2 Å². The summed E-state index contributed by atoms with van der Waals surface area (Å²) in [6, 6.07) is 5.74. The minimum Gasteiger partial charge on any atom is -0.496 e. The Morgan fingerprint density at radius 2 is 2.25 bits per heavy atom. The minimum atomic E-state index is 0.529. The van der Waals surface area contributed by atoms with Crippen LogP contribution in [-0.2, 0) is 4.74 Å². The Bertz CT molecular complexity index is 565. The Balaban J connectivity index is 1.62. The molecule has 0 saturated carbocycles. The van der Waals surface area contributed by atoms with Crippen molar-refractivity contribution < 1.29 is 9.47 Å². The molecule has 2 N–H and O–H groups in total. The van der Waals surface area contributed by atoms with Crippen LogP contribution in [0.1, 0.15) is 12.0 Å². The number of benzene rings is 1. The van der Waals surface area contributed by atoms with Gasteiger partial charge < -0.3 is 14.8 Å². The summed E-state index contributed by atoms with van der Waals surface area (Å²) in [6.45, 7) is 5.59. The fraction of sp³-hybridized carbons (Fsp3) is 0.500. The van der Waals surface area contributed by atoms with Crippen LogP contribution < -0.4 is 15.5 Å². The fourth-order valence-electron chi connectivity index (χ4n) is 2.30. The highest BCUT2D eigenvalue weighted by molar-refractivity contribution is 9.10. The predicted molar refractivity (Wildman–Crippen MR) is 104 cm³/mol. The third-order valence-electron chi connectivity index (χ3n) is 3.60. The molecule has 1 aliphatic heterocycles. The Morgan fingerprint density at radius 1 is 1.46 bits per heavy atom. The van der Waals surface area contributed by atoms with Crippen molar-refractivity contribution in [1.82, 2.24) is 15.6 Å². The Labute approximate surface area is 156 Å². The molecule has 0 bridgehead atoms. The summed E-state index contributed by atoms with van der Waals surface area (Å²) in [5, 5.41) is 7.83. The highest BCUT2D eigenvalue weighted by atomic mass is 79.9. The number of ether oxygens (including phenoxy) is 2. The molecule has 2 rings (SSSR count). The molecule has 0 amide bonds. The van der Waals surface area contributed by atoms with Gasteiger partial charge in [-0.2, -0.15) is 5.10 Å². The van der Waals surface area contributed by atoms with Gasteiger partial charge in [-0.3, -0.25) is 10.3 Å². The lowest BCUT2D eigenvalue weighted by Gasteiger charge is -2.26. The maximum absolute atomic E-state index is 5.33. The Morgan fingerprint density at radius 3 is 2.96 bits per heavy atom. The molecule has 0 atom stereocenters. The normalized spacial score (nSPS) is 15.4. The van der Waals surface area contributed by atoms with Crippen LogP contribution in [0.5, 0.6) is 5.75 Å². The molecule has 0 unspecified atom stereocenters. The molecule has 0 spiro atoms. The molecule has 1 aliphatic rings. The summed E-state index contributed by atoms with van der Waals surface area (Å²) in [5.41, 5.74) is 3.78. The monoisotopic (exact) mass is 414 g/mol. The van der Waals surface area contributed by atoms with Crippen LogP contribution in [0, 0.1) is 0 Å². The van der Waals surface area contributed by atoms with Crippen LogP contribution in [0.2, 0.25) is 0 Å². The second-order valence-electron chi connectivity index (χ2n) is 5.33. The number of thiocarbonyl (C=S) groups is 1. The van der Waals surface area contributed by atoms with Crippen molar-refractivity contribution in [1.29, 1.82) is 0 Å². The highest BCUT2D eigenvalue weighted by Crippen LogP contribution is 2.24. The molecule has 1 saturated heterocycles. The first-order valence-electron chi connectivity index (χ1n) is 7.89. The van der Waals surface area contributed by atoms with Crippen LogP contribution in [0.25, 0.3) is 0 Å². The van der Waals surface area contributed by atoms with Gasteiger partial charge in [0, 0.05) is 19.6 Å². The summed E-state index contributed by atoms with van der Waals surface area (Å²) in [4.78, 5) is 2.40. The van der Waals surface area contributed by atoms with Crippen molar-refractivity contribution in [2.24, 2.45) is 5.10 Å². The number of nitrogens with one attached hydrogen (secondary N) is 2. The lowest BCUT2D eigenvalue weighted by atomic mass is 10.2. The van der Waals surface area contributed by atoms with E-state index in [0.29, 0.717) is 5.11 Å². The average Bonchev–Trinajstić information content (AvgIpc) is 2.60. The molecule has 0 aliphatic carbocycles. The molecular weight excluding hydrogens is 392 g/mol. The first-order chi connectivity index (χ1) is 11.7. The molecule has 1 fully saturated rings. The van der Waals surface area contributed by atoms with Crippen molar-refractivity contribution in [2.45, 2.75) is 6.42 Å².